The Morgan fingerprint density at radius 2 is 1.58 bits per heavy atom. The molecule has 0 bridgehead atoms. The maximum Gasteiger partial charge on any atom is 0.261 e. The summed E-state index contributed by atoms with van der Waals surface area (Å²) >= 11 is 0. The number of amides is 1. The number of nitrogens with one attached hydrogen (secondary N) is 2. The van der Waals surface area contributed by atoms with Crippen LogP contribution in [0.1, 0.15) is 55.7 Å². The Labute approximate surface area is 185 Å². The topological polar surface area (TPSA) is 84.5 Å². The molecule has 0 aliphatic heterocycles. The van der Waals surface area contributed by atoms with Gasteiger partial charge in [0.05, 0.1) is 10.6 Å². The van der Waals surface area contributed by atoms with Gasteiger partial charge in [0, 0.05) is 6.04 Å². The Kier molecular flexibility index (Phi) is 7.26. The van der Waals surface area contributed by atoms with Crippen LogP contribution in [0.5, 0.6) is 5.75 Å². The maximum absolute atomic E-state index is 12.8. The van der Waals surface area contributed by atoms with Crippen LogP contribution in [0.3, 0.4) is 0 Å². The van der Waals surface area contributed by atoms with Gasteiger partial charge in [0.2, 0.25) is 0 Å². The molecule has 2 aromatic rings. The Morgan fingerprint density at radius 1 is 1.00 bits per heavy atom. The molecule has 0 heterocycles. The molecule has 1 atom stereocenters. The van der Waals surface area contributed by atoms with Crippen LogP contribution < -0.4 is 14.8 Å². The van der Waals surface area contributed by atoms with Crippen molar-refractivity contribution in [2.45, 2.75) is 76.8 Å². The molecular weight excluding hydrogens is 412 g/mol. The van der Waals surface area contributed by atoms with Crippen molar-refractivity contribution in [2.75, 3.05) is 4.72 Å². The molecule has 2 N–H and O–H groups in total. The largest absolute Gasteiger partial charge is 0.481 e. The van der Waals surface area contributed by atoms with Gasteiger partial charge < -0.3 is 10.1 Å². The lowest BCUT2D eigenvalue weighted by atomic mass is 9.95. The van der Waals surface area contributed by atoms with Crippen LogP contribution in [-0.2, 0) is 14.8 Å². The monoisotopic (exact) mass is 444 g/mol. The third kappa shape index (κ3) is 6.00. The summed E-state index contributed by atoms with van der Waals surface area (Å²) in [5.41, 5.74) is 3.43. The van der Waals surface area contributed by atoms with Crippen molar-refractivity contribution in [2.24, 2.45) is 0 Å². The van der Waals surface area contributed by atoms with E-state index >= 15 is 0 Å². The molecule has 1 saturated carbocycles. The van der Waals surface area contributed by atoms with E-state index in [9.17, 15) is 13.2 Å². The van der Waals surface area contributed by atoms with Gasteiger partial charge in [-0.3, -0.25) is 9.52 Å². The molecule has 3 rings (SSSR count). The molecular formula is C24H32N2O4S. The van der Waals surface area contributed by atoms with Crippen LogP contribution in [-0.4, -0.2) is 26.5 Å². The van der Waals surface area contributed by atoms with Crippen LogP contribution in [0.4, 0.5) is 5.69 Å². The molecule has 2 aromatic carbocycles. The zero-order valence-electron chi connectivity index (χ0n) is 18.7. The minimum atomic E-state index is -3.74. The summed E-state index contributed by atoms with van der Waals surface area (Å²) in [6.07, 6.45) is 4.89. The van der Waals surface area contributed by atoms with E-state index in [2.05, 4.69) is 10.0 Å². The molecule has 6 nitrogen and oxygen atoms in total. The highest BCUT2D eigenvalue weighted by Crippen LogP contribution is 2.26. The molecule has 1 fully saturated rings. The standard InChI is InChI=1S/C24H32N2O4S/c1-16-14-17(2)23(18(3)15-16)26-31(28,29)22-12-10-21(11-13-22)30-19(4)24(27)25-20-8-6-5-7-9-20/h10-15,19-20,26H,5-9H2,1-4H3,(H,25,27)/t19-/m1/s1. The van der Waals surface area contributed by atoms with Gasteiger partial charge in [0.1, 0.15) is 5.75 Å². The highest BCUT2D eigenvalue weighted by atomic mass is 32.2. The highest BCUT2D eigenvalue weighted by molar-refractivity contribution is 7.92. The van der Waals surface area contributed by atoms with Gasteiger partial charge in [-0.15, -0.1) is 0 Å². The third-order valence-electron chi connectivity index (χ3n) is 5.68. The predicted octanol–water partition coefficient (Wildman–Crippen LogP) is 4.63. The first-order valence-electron chi connectivity index (χ1n) is 10.8. The molecule has 1 amide bonds. The summed E-state index contributed by atoms with van der Waals surface area (Å²) in [5.74, 6) is 0.309. The molecule has 0 spiro atoms. The van der Waals surface area contributed by atoms with Gasteiger partial charge in [0.15, 0.2) is 6.10 Å². The van der Waals surface area contributed by atoms with E-state index in [0.717, 1.165) is 42.4 Å². The van der Waals surface area contributed by atoms with Crippen LogP contribution in [0.2, 0.25) is 0 Å². The normalized spacial score (nSPS) is 15.9. The van der Waals surface area contributed by atoms with E-state index in [1.165, 1.54) is 18.6 Å². The van der Waals surface area contributed by atoms with Gasteiger partial charge in [-0.25, -0.2) is 8.42 Å². The van der Waals surface area contributed by atoms with Crippen molar-refractivity contribution in [3.63, 3.8) is 0 Å². The van der Waals surface area contributed by atoms with Crippen molar-refractivity contribution in [3.05, 3.63) is 53.1 Å². The van der Waals surface area contributed by atoms with Gasteiger partial charge in [-0.2, -0.15) is 0 Å². The van der Waals surface area contributed by atoms with E-state index in [-0.39, 0.29) is 16.8 Å². The Bertz CT molecular complexity index is 1000. The number of carbonyl (C=O) groups excluding carboxylic acids is 1. The number of aryl methyl sites for hydroxylation is 3. The van der Waals surface area contributed by atoms with Crippen molar-refractivity contribution < 1.29 is 17.9 Å². The molecule has 0 radical (unpaired) electrons. The smallest absolute Gasteiger partial charge is 0.261 e. The minimum absolute atomic E-state index is 0.138. The Balaban J connectivity index is 1.64. The molecule has 7 heteroatoms. The lowest BCUT2D eigenvalue weighted by molar-refractivity contribution is -0.128. The first kappa shape index (κ1) is 23.1. The summed E-state index contributed by atoms with van der Waals surface area (Å²) in [6, 6.07) is 10.2. The van der Waals surface area contributed by atoms with Crippen molar-refractivity contribution in [1.29, 1.82) is 0 Å². The summed E-state index contributed by atoms with van der Waals surface area (Å²) in [4.78, 5) is 12.5. The lowest BCUT2D eigenvalue weighted by Crippen LogP contribution is -2.43. The average Bonchev–Trinajstić information content (AvgIpc) is 2.72. The zero-order valence-corrected chi connectivity index (χ0v) is 19.5. The maximum atomic E-state index is 12.8. The Hall–Kier alpha value is -2.54. The van der Waals surface area contributed by atoms with Gasteiger partial charge in [-0.05, 0) is 75.9 Å². The molecule has 1 aliphatic carbocycles. The van der Waals surface area contributed by atoms with Crippen LogP contribution in [0, 0.1) is 20.8 Å². The predicted molar refractivity (Wildman–Crippen MR) is 123 cm³/mol. The zero-order chi connectivity index (χ0) is 22.6. The van der Waals surface area contributed by atoms with Gasteiger partial charge in [-0.1, -0.05) is 37.0 Å². The number of hydrogen-bond acceptors (Lipinski definition) is 4. The fourth-order valence-electron chi connectivity index (χ4n) is 4.05. The minimum Gasteiger partial charge on any atom is -0.481 e. The lowest BCUT2D eigenvalue weighted by Gasteiger charge is -2.24. The number of ether oxygens (including phenoxy) is 1. The second-order valence-corrected chi connectivity index (χ2v) is 10.1. The number of hydrogen-bond donors (Lipinski definition) is 2. The van der Waals surface area contributed by atoms with E-state index in [0.29, 0.717) is 11.4 Å². The van der Waals surface area contributed by atoms with Crippen molar-refractivity contribution in [3.8, 4) is 5.75 Å². The first-order valence-corrected chi connectivity index (χ1v) is 12.3. The van der Waals surface area contributed by atoms with Gasteiger partial charge >= 0.3 is 0 Å². The first-order chi connectivity index (χ1) is 14.7. The fourth-order valence-corrected chi connectivity index (χ4v) is 5.26. The number of rotatable bonds is 7. The van der Waals surface area contributed by atoms with E-state index in [1.54, 1.807) is 19.1 Å². The Morgan fingerprint density at radius 3 is 2.16 bits per heavy atom. The number of benzene rings is 2. The average molecular weight is 445 g/mol. The molecule has 0 saturated heterocycles. The van der Waals surface area contributed by atoms with Gasteiger partial charge in [0.25, 0.3) is 15.9 Å². The summed E-state index contributed by atoms with van der Waals surface area (Å²) < 4.78 is 34.1. The number of anilines is 1. The van der Waals surface area contributed by atoms with Crippen LogP contribution in [0.25, 0.3) is 0 Å². The third-order valence-corrected chi connectivity index (χ3v) is 7.05. The fraction of sp³-hybridized carbons (Fsp3) is 0.458. The molecule has 31 heavy (non-hydrogen) atoms. The molecule has 1 aliphatic rings. The summed E-state index contributed by atoms with van der Waals surface area (Å²) in [5, 5.41) is 3.05. The van der Waals surface area contributed by atoms with E-state index < -0.39 is 16.1 Å². The van der Waals surface area contributed by atoms with E-state index in [4.69, 9.17) is 4.74 Å². The van der Waals surface area contributed by atoms with E-state index in [1.807, 2.05) is 32.9 Å². The SMILES string of the molecule is Cc1cc(C)c(NS(=O)(=O)c2ccc(O[C@H](C)C(=O)NC3CCCCC3)cc2)c(C)c1. The van der Waals surface area contributed by atoms with Crippen LogP contribution in [0.15, 0.2) is 41.3 Å². The second-order valence-electron chi connectivity index (χ2n) is 8.45. The van der Waals surface area contributed by atoms with Crippen molar-refractivity contribution in [1.82, 2.24) is 5.32 Å². The number of sulfonamides is 1. The molecule has 0 unspecified atom stereocenters. The quantitative estimate of drug-likeness (QED) is 0.652. The van der Waals surface area contributed by atoms with Crippen molar-refractivity contribution >= 4 is 21.6 Å². The molecule has 168 valence electrons. The molecule has 0 aromatic heterocycles. The summed E-state index contributed by atoms with van der Waals surface area (Å²) in [6.45, 7) is 7.45. The second kappa shape index (κ2) is 9.73. The summed E-state index contributed by atoms with van der Waals surface area (Å²) in [7, 11) is -3.74. The highest BCUT2D eigenvalue weighted by Gasteiger charge is 2.21. The van der Waals surface area contributed by atoms with Crippen LogP contribution >= 0.6 is 0 Å². The number of carbonyl (C=O) groups is 1.